The number of rotatable bonds is 4. The molecule has 28 heavy (non-hydrogen) atoms. The van der Waals surface area contributed by atoms with Crippen LogP contribution < -0.4 is 10.2 Å². The molecular formula is C21H23F3N2O2. The highest BCUT2D eigenvalue weighted by atomic mass is 19.4. The number of carbonyl (C=O) groups is 1. The van der Waals surface area contributed by atoms with Crippen LogP contribution in [0.3, 0.4) is 0 Å². The molecule has 1 heterocycles. The molecule has 2 aromatic rings. The molecule has 4 nitrogen and oxygen atoms in total. The van der Waals surface area contributed by atoms with Crippen molar-refractivity contribution in [1.29, 1.82) is 0 Å². The van der Waals surface area contributed by atoms with E-state index in [1.165, 1.54) is 6.07 Å². The maximum Gasteiger partial charge on any atom is 0.416 e. The Bertz CT molecular complexity index is 859. The zero-order valence-electron chi connectivity index (χ0n) is 15.9. The van der Waals surface area contributed by atoms with E-state index in [0.717, 1.165) is 28.8 Å². The third kappa shape index (κ3) is 4.84. The van der Waals surface area contributed by atoms with Crippen molar-refractivity contribution in [3.63, 3.8) is 0 Å². The predicted molar refractivity (Wildman–Crippen MR) is 103 cm³/mol. The van der Waals surface area contributed by atoms with E-state index in [9.17, 15) is 18.0 Å². The van der Waals surface area contributed by atoms with E-state index in [-0.39, 0.29) is 18.0 Å². The predicted octanol–water partition coefficient (Wildman–Crippen LogP) is 4.34. The molecule has 1 amide bonds. The van der Waals surface area contributed by atoms with E-state index in [1.54, 1.807) is 0 Å². The molecule has 0 bridgehead atoms. The quantitative estimate of drug-likeness (QED) is 0.842. The van der Waals surface area contributed by atoms with Gasteiger partial charge in [-0.15, -0.1) is 0 Å². The number of nitrogens with zero attached hydrogens (tertiary/aromatic N) is 1. The fourth-order valence-electron chi connectivity index (χ4n) is 3.19. The molecule has 0 aromatic heterocycles. The van der Waals surface area contributed by atoms with E-state index in [1.807, 2.05) is 36.9 Å². The number of amides is 1. The highest BCUT2D eigenvalue weighted by Gasteiger charge is 2.32. The summed E-state index contributed by atoms with van der Waals surface area (Å²) in [5.74, 6) is -0.350. The number of ether oxygens (including phenoxy) is 1. The molecule has 0 spiro atoms. The van der Waals surface area contributed by atoms with Gasteiger partial charge >= 0.3 is 6.18 Å². The SMILES string of the molecule is Cc1ccc(CC(=O)Nc2cc(C(F)(F)F)ccc2N2CCOCC2)cc1C. The molecule has 3 rings (SSSR count). The Kier molecular flexibility index (Phi) is 5.93. The minimum absolute atomic E-state index is 0.0971. The highest BCUT2D eigenvalue weighted by Crippen LogP contribution is 2.35. The zero-order chi connectivity index (χ0) is 20.3. The number of aryl methyl sites for hydroxylation is 2. The molecule has 1 fully saturated rings. The van der Waals surface area contributed by atoms with Gasteiger partial charge in [0.1, 0.15) is 0 Å². The van der Waals surface area contributed by atoms with Crippen molar-refractivity contribution in [3.8, 4) is 0 Å². The van der Waals surface area contributed by atoms with Gasteiger partial charge in [0.15, 0.2) is 0 Å². The summed E-state index contributed by atoms with van der Waals surface area (Å²) in [5.41, 5.74) is 2.97. The second-order valence-electron chi connectivity index (χ2n) is 6.97. The fraction of sp³-hybridized carbons (Fsp3) is 0.381. The summed E-state index contributed by atoms with van der Waals surface area (Å²) in [6.45, 7) is 6.06. The van der Waals surface area contributed by atoms with Crippen LogP contribution in [0.5, 0.6) is 0 Å². The summed E-state index contributed by atoms with van der Waals surface area (Å²) in [6.07, 6.45) is -4.38. The van der Waals surface area contributed by atoms with E-state index in [2.05, 4.69) is 5.32 Å². The third-order valence-electron chi connectivity index (χ3n) is 4.89. The Hall–Kier alpha value is -2.54. The number of nitrogens with one attached hydrogen (secondary N) is 1. The summed E-state index contributed by atoms with van der Waals surface area (Å²) < 4.78 is 44.8. The number of hydrogen-bond donors (Lipinski definition) is 1. The van der Waals surface area contributed by atoms with Gasteiger partial charge in [-0.2, -0.15) is 13.2 Å². The molecule has 1 N–H and O–H groups in total. The van der Waals surface area contributed by atoms with Gasteiger partial charge in [-0.25, -0.2) is 0 Å². The monoisotopic (exact) mass is 392 g/mol. The second-order valence-corrected chi connectivity index (χ2v) is 6.97. The molecule has 2 aromatic carbocycles. The van der Waals surface area contributed by atoms with E-state index in [0.29, 0.717) is 32.0 Å². The zero-order valence-corrected chi connectivity index (χ0v) is 15.9. The van der Waals surface area contributed by atoms with Gasteiger partial charge < -0.3 is 15.0 Å². The lowest BCUT2D eigenvalue weighted by molar-refractivity contribution is -0.137. The Morgan fingerprint density at radius 1 is 1.07 bits per heavy atom. The van der Waals surface area contributed by atoms with Crippen LogP contribution in [0.2, 0.25) is 0 Å². The van der Waals surface area contributed by atoms with E-state index in [4.69, 9.17) is 4.74 Å². The molecule has 0 saturated carbocycles. The molecule has 1 saturated heterocycles. The maximum absolute atomic E-state index is 13.2. The van der Waals surface area contributed by atoms with Crippen molar-refractivity contribution in [1.82, 2.24) is 0 Å². The normalized spacial score (nSPS) is 14.8. The Labute approximate surface area is 162 Å². The van der Waals surface area contributed by atoms with Gasteiger partial charge in [-0.05, 0) is 48.7 Å². The summed E-state index contributed by atoms with van der Waals surface area (Å²) in [7, 11) is 0. The third-order valence-corrected chi connectivity index (χ3v) is 4.89. The van der Waals surface area contributed by atoms with E-state index >= 15 is 0 Å². The van der Waals surface area contributed by atoms with Crippen LogP contribution >= 0.6 is 0 Å². The molecule has 0 atom stereocenters. The number of benzene rings is 2. The maximum atomic E-state index is 13.2. The van der Waals surface area contributed by atoms with Crippen LogP contribution in [-0.4, -0.2) is 32.2 Å². The van der Waals surface area contributed by atoms with Crippen molar-refractivity contribution < 1.29 is 22.7 Å². The van der Waals surface area contributed by atoms with Gasteiger partial charge in [-0.3, -0.25) is 4.79 Å². The van der Waals surface area contributed by atoms with Crippen LogP contribution in [0.25, 0.3) is 0 Å². The Morgan fingerprint density at radius 2 is 1.79 bits per heavy atom. The lowest BCUT2D eigenvalue weighted by Crippen LogP contribution is -2.37. The standard InChI is InChI=1S/C21H23F3N2O2/c1-14-3-4-16(11-15(14)2)12-20(27)25-18-13-17(21(22,23)24)5-6-19(18)26-7-9-28-10-8-26/h3-6,11,13H,7-10,12H2,1-2H3,(H,25,27). The lowest BCUT2D eigenvalue weighted by Gasteiger charge is -2.31. The second kappa shape index (κ2) is 8.22. The summed E-state index contributed by atoms with van der Waals surface area (Å²) in [5, 5.41) is 2.68. The number of halogens is 3. The van der Waals surface area contributed by atoms with Crippen molar-refractivity contribution in [2.75, 3.05) is 36.5 Å². The molecule has 7 heteroatoms. The van der Waals surface area contributed by atoms with Crippen LogP contribution in [0.15, 0.2) is 36.4 Å². The smallest absolute Gasteiger partial charge is 0.378 e. The number of anilines is 2. The first-order chi connectivity index (χ1) is 13.2. The first-order valence-corrected chi connectivity index (χ1v) is 9.14. The molecule has 0 aliphatic carbocycles. The van der Waals surface area contributed by atoms with Gasteiger partial charge in [0.05, 0.1) is 36.6 Å². The number of alkyl halides is 3. The number of carbonyl (C=O) groups excluding carboxylic acids is 1. The minimum atomic E-state index is -4.48. The van der Waals surface area contributed by atoms with Crippen molar-refractivity contribution in [2.45, 2.75) is 26.4 Å². The summed E-state index contributed by atoms with van der Waals surface area (Å²) in [6, 6.07) is 9.18. The molecule has 0 unspecified atom stereocenters. The Morgan fingerprint density at radius 3 is 2.43 bits per heavy atom. The highest BCUT2D eigenvalue weighted by molar-refractivity contribution is 5.95. The fourth-order valence-corrected chi connectivity index (χ4v) is 3.19. The van der Waals surface area contributed by atoms with Gasteiger partial charge in [-0.1, -0.05) is 18.2 Å². The van der Waals surface area contributed by atoms with E-state index < -0.39 is 11.7 Å². The number of hydrogen-bond acceptors (Lipinski definition) is 3. The molecule has 1 aliphatic rings. The summed E-state index contributed by atoms with van der Waals surface area (Å²) in [4.78, 5) is 14.5. The van der Waals surface area contributed by atoms with Gasteiger partial charge in [0, 0.05) is 13.1 Å². The van der Waals surface area contributed by atoms with Gasteiger partial charge in [0.25, 0.3) is 0 Å². The first-order valence-electron chi connectivity index (χ1n) is 9.14. The first kappa shape index (κ1) is 20.2. The summed E-state index contributed by atoms with van der Waals surface area (Å²) >= 11 is 0. The topological polar surface area (TPSA) is 41.6 Å². The van der Waals surface area contributed by atoms with Crippen LogP contribution in [-0.2, 0) is 22.1 Å². The van der Waals surface area contributed by atoms with Gasteiger partial charge in [0.2, 0.25) is 5.91 Å². The van der Waals surface area contributed by atoms with Crippen molar-refractivity contribution in [2.24, 2.45) is 0 Å². The molecule has 1 aliphatic heterocycles. The van der Waals surface area contributed by atoms with Crippen molar-refractivity contribution in [3.05, 3.63) is 58.7 Å². The molecular weight excluding hydrogens is 369 g/mol. The largest absolute Gasteiger partial charge is 0.416 e. The molecule has 150 valence electrons. The number of morpholine rings is 1. The van der Waals surface area contributed by atoms with Crippen LogP contribution in [0.4, 0.5) is 24.5 Å². The minimum Gasteiger partial charge on any atom is -0.378 e. The van der Waals surface area contributed by atoms with Crippen molar-refractivity contribution >= 4 is 17.3 Å². The average molecular weight is 392 g/mol. The Balaban J connectivity index is 1.84. The van der Waals surface area contributed by atoms with Crippen LogP contribution in [0, 0.1) is 13.8 Å². The average Bonchev–Trinajstić information content (AvgIpc) is 2.64. The van der Waals surface area contributed by atoms with Crippen LogP contribution in [0.1, 0.15) is 22.3 Å². The molecule has 0 radical (unpaired) electrons. The lowest BCUT2D eigenvalue weighted by atomic mass is 10.0.